The van der Waals surface area contributed by atoms with E-state index in [-0.39, 0.29) is 16.7 Å². The molecular formula is C15H21NO3. The Morgan fingerprint density at radius 2 is 2.00 bits per heavy atom. The third-order valence-corrected chi connectivity index (χ3v) is 3.86. The van der Waals surface area contributed by atoms with Gasteiger partial charge in [0.25, 0.3) is 0 Å². The van der Waals surface area contributed by atoms with Gasteiger partial charge in [0.15, 0.2) is 0 Å². The van der Waals surface area contributed by atoms with Gasteiger partial charge in [-0.1, -0.05) is 19.4 Å². The van der Waals surface area contributed by atoms with Crippen LogP contribution in [0.15, 0.2) is 12.1 Å². The molecule has 1 aliphatic carbocycles. The lowest BCUT2D eigenvalue weighted by atomic mass is 9.97. The highest BCUT2D eigenvalue weighted by atomic mass is 16.6. The van der Waals surface area contributed by atoms with Gasteiger partial charge in [-0.15, -0.1) is 0 Å². The molecule has 0 N–H and O–H groups in total. The monoisotopic (exact) mass is 263 g/mol. The number of hydrogen-bond donors (Lipinski definition) is 0. The summed E-state index contributed by atoms with van der Waals surface area (Å²) in [7, 11) is 0. The van der Waals surface area contributed by atoms with Crippen molar-refractivity contribution in [2.24, 2.45) is 0 Å². The lowest BCUT2D eigenvalue weighted by Crippen LogP contribution is -2.21. The van der Waals surface area contributed by atoms with Crippen LogP contribution in [0.4, 0.5) is 5.69 Å². The summed E-state index contributed by atoms with van der Waals surface area (Å²) in [5.74, 6) is 0.499. The van der Waals surface area contributed by atoms with Gasteiger partial charge < -0.3 is 4.74 Å². The number of nitrogens with zero attached hydrogens (tertiary/aromatic N) is 1. The largest absolute Gasteiger partial charge is 0.483 e. The third-order valence-electron chi connectivity index (χ3n) is 3.86. The molecule has 1 fully saturated rings. The average molecular weight is 263 g/mol. The molecule has 0 saturated heterocycles. The van der Waals surface area contributed by atoms with Crippen molar-refractivity contribution in [1.82, 2.24) is 0 Å². The van der Waals surface area contributed by atoms with Crippen molar-refractivity contribution < 1.29 is 9.66 Å². The summed E-state index contributed by atoms with van der Waals surface area (Å²) in [4.78, 5) is 10.8. The molecule has 1 aromatic carbocycles. The number of aryl methyl sites for hydroxylation is 1. The zero-order valence-electron chi connectivity index (χ0n) is 11.6. The van der Waals surface area contributed by atoms with Crippen molar-refractivity contribution in [2.75, 3.05) is 0 Å². The molecular weight excluding hydrogens is 242 g/mol. The Hall–Kier alpha value is -1.58. The van der Waals surface area contributed by atoms with E-state index in [1.165, 1.54) is 6.42 Å². The maximum absolute atomic E-state index is 11.2. The van der Waals surface area contributed by atoms with Crippen molar-refractivity contribution >= 4 is 5.69 Å². The van der Waals surface area contributed by atoms with Gasteiger partial charge >= 0.3 is 5.69 Å². The van der Waals surface area contributed by atoms with E-state index in [4.69, 9.17) is 4.74 Å². The van der Waals surface area contributed by atoms with E-state index in [1.807, 2.05) is 19.9 Å². The van der Waals surface area contributed by atoms with Crippen LogP contribution in [0.25, 0.3) is 0 Å². The Labute approximate surface area is 113 Å². The summed E-state index contributed by atoms with van der Waals surface area (Å²) in [6.07, 6.45) is 6.48. The van der Waals surface area contributed by atoms with E-state index in [0.717, 1.165) is 43.2 Å². The van der Waals surface area contributed by atoms with Gasteiger partial charge in [-0.2, -0.15) is 0 Å². The van der Waals surface area contributed by atoms with Crippen LogP contribution in [0.5, 0.6) is 5.75 Å². The predicted molar refractivity (Wildman–Crippen MR) is 74.7 cm³/mol. The Morgan fingerprint density at radius 3 is 2.58 bits per heavy atom. The van der Waals surface area contributed by atoms with E-state index in [0.29, 0.717) is 5.75 Å². The first kappa shape index (κ1) is 13.8. The van der Waals surface area contributed by atoms with Crippen LogP contribution >= 0.6 is 0 Å². The molecule has 0 aliphatic heterocycles. The minimum Gasteiger partial charge on any atom is -0.483 e. The second-order valence-corrected chi connectivity index (χ2v) is 5.20. The topological polar surface area (TPSA) is 52.4 Å². The normalized spacial score (nSPS) is 16.3. The molecule has 0 heterocycles. The van der Waals surface area contributed by atoms with Gasteiger partial charge in [-0.25, -0.2) is 0 Å². The molecule has 0 unspecified atom stereocenters. The smallest absolute Gasteiger partial charge is 0.311 e. The fourth-order valence-electron chi connectivity index (χ4n) is 2.78. The highest BCUT2D eigenvalue weighted by molar-refractivity contribution is 5.55. The number of nitro groups is 1. The second kappa shape index (κ2) is 6.04. The van der Waals surface area contributed by atoms with Gasteiger partial charge in [-0.05, 0) is 44.6 Å². The summed E-state index contributed by atoms with van der Waals surface area (Å²) in [5.41, 5.74) is 2.15. The fraction of sp³-hybridized carbons (Fsp3) is 0.600. The molecule has 0 aromatic heterocycles. The third kappa shape index (κ3) is 3.06. The average Bonchev–Trinajstić information content (AvgIpc) is 2.40. The fourth-order valence-corrected chi connectivity index (χ4v) is 2.78. The quantitative estimate of drug-likeness (QED) is 0.605. The van der Waals surface area contributed by atoms with E-state index in [1.54, 1.807) is 6.07 Å². The predicted octanol–water partition coefficient (Wildman–Crippen LogP) is 4.18. The first-order valence-electron chi connectivity index (χ1n) is 7.07. The van der Waals surface area contributed by atoms with E-state index in [9.17, 15) is 10.1 Å². The van der Waals surface area contributed by atoms with Crippen LogP contribution in [-0.4, -0.2) is 11.0 Å². The zero-order valence-corrected chi connectivity index (χ0v) is 11.6. The van der Waals surface area contributed by atoms with Crippen molar-refractivity contribution in [1.29, 1.82) is 0 Å². The summed E-state index contributed by atoms with van der Waals surface area (Å²) >= 11 is 0. The van der Waals surface area contributed by atoms with E-state index >= 15 is 0 Å². The van der Waals surface area contributed by atoms with Crippen LogP contribution in [-0.2, 0) is 6.42 Å². The van der Waals surface area contributed by atoms with Gasteiger partial charge in [-0.3, -0.25) is 10.1 Å². The summed E-state index contributed by atoms with van der Waals surface area (Å²) in [6, 6.07) is 3.37. The van der Waals surface area contributed by atoms with Gasteiger partial charge in [0, 0.05) is 11.6 Å². The first-order chi connectivity index (χ1) is 9.13. The lowest BCUT2D eigenvalue weighted by Gasteiger charge is -2.24. The standard InChI is InChI=1S/C15H21NO3/c1-3-13-11(2)9-10-14(16(17)18)15(13)19-12-7-5-4-6-8-12/h9-10,12H,3-8H2,1-2H3. The van der Waals surface area contributed by atoms with Gasteiger partial charge in [0.2, 0.25) is 5.75 Å². The number of rotatable bonds is 4. The first-order valence-corrected chi connectivity index (χ1v) is 7.07. The summed E-state index contributed by atoms with van der Waals surface area (Å²) in [5, 5.41) is 11.2. The van der Waals surface area contributed by atoms with Gasteiger partial charge in [0.05, 0.1) is 11.0 Å². The Morgan fingerprint density at radius 1 is 1.32 bits per heavy atom. The van der Waals surface area contributed by atoms with Crippen LogP contribution in [0.2, 0.25) is 0 Å². The highest BCUT2D eigenvalue weighted by Crippen LogP contribution is 2.36. The van der Waals surface area contributed by atoms with Crippen molar-refractivity contribution in [2.45, 2.75) is 58.5 Å². The minimum atomic E-state index is -0.337. The van der Waals surface area contributed by atoms with Gasteiger partial charge in [0.1, 0.15) is 0 Å². The maximum Gasteiger partial charge on any atom is 0.311 e. The van der Waals surface area contributed by atoms with Crippen LogP contribution in [0, 0.1) is 17.0 Å². The molecule has 1 aromatic rings. The molecule has 2 rings (SSSR count). The van der Waals surface area contributed by atoms with E-state index < -0.39 is 0 Å². The number of hydrogen-bond acceptors (Lipinski definition) is 3. The molecule has 0 bridgehead atoms. The second-order valence-electron chi connectivity index (χ2n) is 5.20. The molecule has 1 aliphatic rings. The SMILES string of the molecule is CCc1c(C)ccc([N+](=O)[O-])c1OC1CCCCC1. The zero-order chi connectivity index (χ0) is 13.8. The van der Waals surface area contributed by atoms with Crippen molar-refractivity contribution in [3.8, 4) is 5.75 Å². The number of nitro benzene ring substituents is 1. The molecule has 104 valence electrons. The van der Waals surface area contributed by atoms with Crippen molar-refractivity contribution in [3.05, 3.63) is 33.4 Å². The molecule has 4 heteroatoms. The Kier molecular flexibility index (Phi) is 4.40. The maximum atomic E-state index is 11.2. The molecule has 0 radical (unpaired) electrons. The van der Waals surface area contributed by atoms with Crippen LogP contribution in [0.1, 0.15) is 50.2 Å². The van der Waals surface area contributed by atoms with E-state index in [2.05, 4.69) is 0 Å². The highest BCUT2D eigenvalue weighted by Gasteiger charge is 2.24. The van der Waals surface area contributed by atoms with Crippen LogP contribution in [0.3, 0.4) is 0 Å². The Balaban J connectivity index is 2.34. The van der Waals surface area contributed by atoms with Crippen molar-refractivity contribution in [3.63, 3.8) is 0 Å². The summed E-state index contributed by atoms with van der Waals surface area (Å²) < 4.78 is 6.01. The minimum absolute atomic E-state index is 0.105. The number of benzene rings is 1. The molecule has 0 atom stereocenters. The molecule has 19 heavy (non-hydrogen) atoms. The number of ether oxygens (including phenoxy) is 1. The molecule has 1 saturated carbocycles. The molecule has 0 spiro atoms. The Bertz CT molecular complexity index is 465. The van der Waals surface area contributed by atoms with Crippen LogP contribution < -0.4 is 4.74 Å². The summed E-state index contributed by atoms with van der Waals surface area (Å²) in [6.45, 7) is 4.00. The molecule has 4 nitrogen and oxygen atoms in total. The molecule has 0 amide bonds. The lowest BCUT2D eigenvalue weighted by molar-refractivity contribution is -0.386.